The lowest BCUT2D eigenvalue weighted by Gasteiger charge is -2.09. The number of hydrogen-bond donors (Lipinski definition) is 0. The Bertz CT molecular complexity index is 2850. The van der Waals surface area contributed by atoms with E-state index in [2.05, 4.69) is 157 Å². The van der Waals surface area contributed by atoms with Crippen LogP contribution in [0, 0.1) is 47.4 Å². The van der Waals surface area contributed by atoms with E-state index >= 15 is 0 Å². The van der Waals surface area contributed by atoms with Gasteiger partial charge in [-0.15, -0.1) is 0 Å². The van der Waals surface area contributed by atoms with Gasteiger partial charge in [0.15, 0.2) is 0 Å². The molecule has 0 spiro atoms. The Hall–Kier alpha value is -8.00. The molecule has 0 heteroatoms. The highest BCUT2D eigenvalue weighted by Gasteiger charge is 2.06. The predicted molar refractivity (Wildman–Crippen MR) is 232 cm³/mol. The van der Waals surface area contributed by atoms with Crippen molar-refractivity contribution in [3.63, 3.8) is 0 Å². The molecule has 0 saturated heterocycles. The van der Waals surface area contributed by atoms with E-state index in [0.717, 1.165) is 77.9 Å². The second-order valence-electron chi connectivity index (χ2n) is 13.2. The van der Waals surface area contributed by atoms with Crippen molar-refractivity contribution < 1.29 is 0 Å². The maximum Gasteiger partial charge on any atom is 0.0261 e. The first kappa shape index (κ1) is 35.1. The second-order valence-corrected chi connectivity index (χ2v) is 13.2. The van der Waals surface area contributed by atoms with Crippen LogP contribution in [0.25, 0.3) is 33.4 Å². The third kappa shape index (κ3) is 9.32. The monoisotopic (exact) mass is 706 g/mol. The molecular weight excluding hydrogens is 673 g/mol. The van der Waals surface area contributed by atoms with Crippen molar-refractivity contribution in [2.24, 2.45) is 0 Å². The summed E-state index contributed by atoms with van der Waals surface area (Å²) in [4.78, 5) is 0. The summed E-state index contributed by atoms with van der Waals surface area (Å²) >= 11 is 0. The minimum atomic E-state index is 0.952. The summed E-state index contributed by atoms with van der Waals surface area (Å²) < 4.78 is 0. The van der Waals surface area contributed by atoms with Crippen LogP contribution in [-0.2, 0) is 0 Å². The van der Waals surface area contributed by atoms with Crippen LogP contribution < -0.4 is 0 Å². The van der Waals surface area contributed by atoms with Crippen LogP contribution in [0.3, 0.4) is 0 Å². The molecule has 0 unspecified atom stereocenters. The zero-order valence-electron chi connectivity index (χ0n) is 30.6. The quantitative estimate of drug-likeness (QED) is 0.161. The molecule has 56 heavy (non-hydrogen) atoms. The van der Waals surface area contributed by atoms with Gasteiger partial charge in [0.25, 0.3) is 0 Å². The fourth-order valence-electron chi connectivity index (χ4n) is 6.19. The lowest BCUT2D eigenvalue weighted by atomic mass is 9.95. The van der Waals surface area contributed by atoms with E-state index in [9.17, 15) is 0 Å². The van der Waals surface area contributed by atoms with Gasteiger partial charge in [0.05, 0.1) is 0 Å². The minimum absolute atomic E-state index is 0.952. The van der Waals surface area contributed by atoms with Crippen molar-refractivity contribution in [3.8, 4) is 80.7 Å². The molecule has 0 heterocycles. The van der Waals surface area contributed by atoms with E-state index in [-0.39, 0.29) is 0 Å². The van der Waals surface area contributed by atoms with Gasteiger partial charge in [0.2, 0.25) is 0 Å². The van der Waals surface area contributed by atoms with Crippen LogP contribution in [0.1, 0.15) is 44.5 Å². The molecule has 8 aromatic rings. The fraction of sp³-hybridized carbons (Fsp3) is 0. The third-order valence-corrected chi connectivity index (χ3v) is 9.18. The first-order valence-corrected chi connectivity index (χ1v) is 18.5. The number of benzene rings is 8. The van der Waals surface area contributed by atoms with Crippen molar-refractivity contribution in [1.82, 2.24) is 0 Å². The van der Waals surface area contributed by atoms with Crippen molar-refractivity contribution >= 4 is 0 Å². The summed E-state index contributed by atoms with van der Waals surface area (Å²) in [6.07, 6.45) is 0. The van der Waals surface area contributed by atoms with E-state index in [4.69, 9.17) is 0 Å². The molecule has 0 N–H and O–H groups in total. The molecule has 8 rings (SSSR count). The fourth-order valence-corrected chi connectivity index (χ4v) is 6.19. The number of hydrogen-bond acceptors (Lipinski definition) is 0. The summed E-state index contributed by atoms with van der Waals surface area (Å²) in [5.41, 5.74) is 14.5. The van der Waals surface area contributed by atoms with Gasteiger partial charge in [-0.3, -0.25) is 0 Å². The first-order chi connectivity index (χ1) is 27.7. The molecule has 0 aliphatic carbocycles. The maximum absolute atomic E-state index is 3.41. The summed E-state index contributed by atoms with van der Waals surface area (Å²) in [5, 5.41) is 0. The zero-order chi connectivity index (χ0) is 37.8. The van der Waals surface area contributed by atoms with E-state index in [1.165, 1.54) is 0 Å². The van der Waals surface area contributed by atoms with Gasteiger partial charge >= 0.3 is 0 Å². The van der Waals surface area contributed by atoms with E-state index < -0.39 is 0 Å². The molecule has 8 aromatic carbocycles. The van der Waals surface area contributed by atoms with Crippen LogP contribution in [0.5, 0.6) is 0 Å². The van der Waals surface area contributed by atoms with Crippen molar-refractivity contribution in [2.45, 2.75) is 0 Å². The Labute approximate surface area is 330 Å². The normalized spacial score (nSPS) is 9.93. The van der Waals surface area contributed by atoms with Gasteiger partial charge in [0, 0.05) is 44.5 Å². The lowest BCUT2D eigenvalue weighted by Crippen LogP contribution is -1.87. The number of rotatable bonds is 3. The largest absolute Gasteiger partial charge is 0.0622 e. The summed E-state index contributed by atoms with van der Waals surface area (Å²) in [7, 11) is 0. The SMILES string of the molecule is C(#Cc1ccc(-c2cc(C#Cc3ccccc3)cc(-c3ccc(C#Cc4ccc(-c5cccc(C#Cc6ccccc6)c5)cc4)cc3)c2)cc1)c1ccccc1. The highest BCUT2D eigenvalue weighted by Crippen LogP contribution is 2.29. The second kappa shape index (κ2) is 17.2. The Morgan fingerprint density at radius 2 is 0.446 bits per heavy atom. The highest BCUT2D eigenvalue weighted by atomic mass is 14.1. The van der Waals surface area contributed by atoms with E-state index in [1.54, 1.807) is 0 Å². The Morgan fingerprint density at radius 1 is 0.161 bits per heavy atom. The average Bonchev–Trinajstić information content (AvgIpc) is 3.28. The van der Waals surface area contributed by atoms with Crippen molar-refractivity contribution in [1.29, 1.82) is 0 Å². The van der Waals surface area contributed by atoms with Gasteiger partial charge in [-0.1, -0.05) is 150 Å². The Balaban J connectivity index is 1.01. The van der Waals surface area contributed by atoms with Gasteiger partial charge in [-0.25, -0.2) is 0 Å². The van der Waals surface area contributed by atoms with Crippen molar-refractivity contribution in [3.05, 3.63) is 251 Å². The molecule has 0 aliphatic rings. The molecule has 0 radical (unpaired) electrons. The predicted octanol–water partition coefficient (Wildman–Crippen LogP) is 12.3. The maximum atomic E-state index is 3.41. The topological polar surface area (TPSA) is 0 Å². The molecule has 0 amide bonds. The van der Waals surface area contributed by atoms with Gasteiger partial charge in [-0.05, 0) is 137 Å². The summed E-state index contributed by atoms with van der Waals surface area (Å²) in [6.45, 7) is 0. The summed E-state index contributed by atoms with van der Waals surface area (Å²) in [5.74, 6) is 26.5. The molecule has 0 nitrogen and oxygen atoms in total. The van der Waals surface area contributed by atoms with Crippen LogP contribution in [0.15, 0.2) is 206 Å². The standard InChI is InChI=1S/C56H34/c1-4-11-43(12-5-1)19-20-46-29-35-52(36-30-46)55-40-50(26-24-45-15-8-3-9-16-45)41-56(42-55)53-37-31-48(32-38-53)22-21-47-27-33-51(34-28-47)54-18-10-17-49(39-54)25-23-44-13-6-2-7-14-44/h1-18,27-42H. The lowest BCUT2D eigenvalue weighted by molar-refractivity contribution is 1.54. The van der Waals surface area contributed by atoms with Gasteiger partial charge in [0.1, 0.15) is 0 Å². The molecule has 0 bridgehead atoms. The molecule has 0 saturated carbocycles. The molecule has 0 atom stereocenters. The molecular formula is C56H34. The minimum Gasteiger partial charge on any atom is -0.0622 e. The van der Waals surface area contributed by atoms with Crippen LogP contribution in [0.2, 0.25) is 0 Å². The Kier molecular flexibility index (Phi) is 10.8. The first-order valence-electron chi connectivity index (χ1n) is 18.5. The highest BCUT2D eigenvalue weighted by molar-refractivity contribution is 5.76. The summed E-state index contributed by atoms with van der Waals surface area (Å²) in [6, 6.07) is 70.3. The van der Waals surface area contributed by atoms with Gasteiger partial charge < -0.3 is 0 Å². The van der Waals surface area contributed by atoms with Crippen LogP contribution >= 0.6 is 0 Å². The molecule has 0 aliphatic heterocycles. The molecule has 258 valence electrons. The third-order valence-electron chi connectivity index (χ3n) is 9.18. The zero-order valence-corrected chi connectivity index (χ0v) is 30.6. The van der Waals surface area contributed by atoms with Crippen LogP contribution in [-0.4, -0.2) is 0 Å². The molecule has 0 fully saturated rings. The van der Waals surface area contributed by atoms with E-state index in [0.29, 0.717) is 0 Å². The van der Waals surface area contributed by atoms with Gasteiger partial charge in [-0.2, -0.15) is 0 Å². The Morgan fingerprint density at radius 3 is 0.839 bits per heavy atom. The van der Waals surface area contributed by atoms with Crippen molar-refractivity contribution in [2.75, 3.05) is 0 Å². The van der Waals surface area contributed by atoms with E-state index in [1.807, 2.05) is 97.1 Å². The molecule has 0 aromatic heterocycles. The smallest absolute Gasteiger partial charge is 0.0261 e. The van der Waals surface area contributed by atoms with Crippen LogP contribution in [0.4, 0.5) is 0 Å². The average molecular weight is 707 g/mol.